The molecule has 2 amide bonds. The number of halogens is 1. The first-order valence-corrected chi connectivity index (χ1v) is 10.7. The lowest BCUT2D eigenvalue weighted by Crippen LogP contribution is -2.49. The second-order valence-electron chi connectivity index (χ2n) is 7.82. The van der Waals surface area contributed by atoms with E-state index in [1.54, 1.807) is 17.0 Å². The molecule has 0 fully saturated rings. The summed E-state index contributed by atoms with van der Waals surface area (Å²) in [7, 11) is 0. The maximum atomic E-state index is 13.4. The lowest BCUT2D eigenvalue weighted by atomic mass is 10.0. The van der Waals surface area contributed by atoms with Gasteiger partial charge in [0.15, 0.2) is 0 Å². The Hall–Kier alpha value is -2.69. The average molecular weight is 413 g/mol. The van der Waals surface area contributed by atoms with Crippen LogP contribution in [0.15, 0.2) is 42.5 Å². The number of unbranched alkanes of at least 4 members (excludes halogenated alkanes) is 1. The lowest BCUT2D eigenvalue weighted by molar-refractivity contribution is -0.140. The lowest BCUT2D eigenvalue weighted by Gasteiger charge is -2.31. The van der Waals surface area contributed by atoms with Gasteiger partial charge >= 0.3 is 0 Å². The summed E-state index contributed by atoms with van der Waals surface area (Å²) in [6, 6.07) is 11.6. The molecule has 0 bridgehead atoms. The van der Waals surface area contributed by atoms with Gasteiger partial charge in [0.2, 0.25) is 11.8 Å². The fourth-order valence-corrected chi connectivity index (χ4v) is 3.47. The molecule has 5 heteroatoms. The van der Waals surface area contributed by atoms with Crippen LogP contribution in [0.2, 0.25) is 0 Å². The maximum Gasteiger partial charge on any atom is 0.242 e. The Morgan fingerprint density at radius 3 is 2.40 bits per heavy atom. The smallest absolute Gasteiger partial charge is 0.242 e. The number of nitrogens with zero attached hydrogens (tertiary/aromatic N) is 1. The van der Waals surface area contributed by atoms with Gasteiger partial charge in [-0.05, 0) is 55.5 Å². The molecule has 2 aromatic rings. The van der Waals surface area contributed by atoms with Crippen LogP contribution < -0.4 is 5.32 Å². The Balaban J connectivity index is 2.28. The number of carbonyl (C=O) groups is 2. The molecule has 0 aliphatic heterocycles. The molecule has 2 rings (SSSR count). The summed E-state index contributed by atoms with van der Waals surface area (Å²) in [6.45, 7) is 8.83. The predicted molar refractivity (Wildman–Crippen MR) is 119 cm³/mol. The monoisotopic (exact) mass is 412 g/mol. The summed E-state index contributed by atoms with van der Waals surface area (Å²) < 4.78 is 13.3. The molecular weight excluding hydrogens is 379 g/mol. The highest BCUT2D eigenvalue weighted by atomic mass is 19.1. The summed E-state index contributed by atoms with van der Waals surface area (Å²) >= 11 is 0. The van der Waals surface area contributed by atoms with Gasteiger partial charge in [-0.2, -0.15) is 0 Å². The molecule has 162 valence electrons. The molecule has 0 radical (unpaired) electrons. The van der Waals surface area contributed by atoms with E-state index in [1.165, 1.54) is 12.1 Å². The van der Waals surface area contributed by atoms with Crippen LogP contribution in [0.4, 0.5) is 4.39 Å². The molecule has 0 saturated heterocycles. The van der Waals surface area contributed by atoms with E-state index in [0.29, 0.717) is 13.0 Å². The topological polar surface area (TPSA) is 49.4 Å². The normalized spacial score (nSPS) is 11.8. The van der Waals surface area contributed by atoms with Crippen LogP contribution in [0.3, 0.4) is 0 Å². The Morgan fingerprint density at radius 1 is 1.07 bits per heavy atom. The van der Waals surface area contributed by atoms with Gasteiger partial charge in [0.05, 0.1) is 6.42 Å². The molecule has 0 heterocycles. The molecule has 4 nitrogen and oxygen atoms in total. The molecule has 0 unspecified atom stereocenters. The first-order chi connectivity index (χ1) is 14.3. The number of rotatable bonds is 10. The molecule has 0 aliphatic carbocycles. The van der Waals surface area contributed by atoms with E-state index >= 15 is 0 Å². The van der Waals surface area contributed by atoms with Gasteiger partial charge in [0.1, 0.15) is 11.9 Å². The van der Waals surface area contributed by atoms with E-state index in [1.807, 2.05) is 39.0 Å². The third-order valence-corrected chi connectivity index (χ3v) is 5.33. The molecule has 0 spiro atoms. The van der Waals surface area contributed by atoms with Crippen molar-refractivity contribution in [1.82, 2.24) is 10.2 Å². The second-order valence-corrected chi connectivity index (χ2v) is 7.82. The summed E-state index contributed by atoms with van der Waals surface area (Å²) in [6.07, 6.45) is 2.63. The van der Waals surface area contributed by atoms with Crippen molar-refractivity contribution in [1.29, 1.82) is 0 Å². The van der Waals surface area contributed by atoms with Crippen molar-refractivity contribution in [2.75, 3.05) is 6.54 Å². The molecule has 0 aliphatic rings. The van der Waals surface area contributed by atoms with E-state index < -0.39 is 6.04 Å². The number of benzene rings is 2. The first kappa shape index (κ1) is 23.6. The van der Waals surface area contributed by atoms with Crippen LogP contribution in [-0.2, 0) is 22.6 Å². The minimum atomic E-state index is -0.565. The third kappa shape index (κ3) is 6.68. The van der Waals surface area contributed by atoms with Crippen LogP contribution in [0.1, 0.15) is 55.4 Å². The molecule has 2 aromatic carbocycles. The van der Waals surface area contributed by atoms with E-state index in [4.69, 9.17) is 0 Å². The summed E-state index contributed by atoms with van der Waals surface area (Å²) in [4.78, 5) is 27.8. The zero-order chi connectivity index (χ0) is 22.1. The van der Waals surface area contributed by atoms with E-state index in [2.05, 4.69) is 12.2 Å². The highest BCUT2D eigenvalue weighted by Crippen LogP contribution is 2.17. The number of amides is 2. The van der Waals surface area contributed by atoms with Gasteiger partial charge in [-0.15, -0.1) is 0 Å². The first-order valence-electron chi connectivity index (χ1n) is 10.7. The number of nitrogens with one attached hydrogen (secondary N) is 1. The van der Waals surface area contributed by atoms with Crippen molar-refractivity contribution >= 4 is 11.8 Å². The number of carbonyl (C=O) groups excluding carboxylic acids is 2. The second kappa shape index (κ2) is 11.5. The minimum absolute atomic E-state index is 0.106. The van der Waals surface area contributed by atoms with E-state index in [-0.39, 0.29) is 30.6 Å². The number of hydrogen-bond donors (Lipinski definition) is 1. The van der Waals surface area contributed by atoms with Crippen LogP contribution in [-0.4, -0.2) is 29.3 Å². The third-order valence-electron chi connectivity index (χ3n) is 5.33. The van der Waals surface area contributed by atoms with E-state index in [9.17, 15) is 14.0 Å². The standard InChI is InChI=1S/C25H33FN2O2/c1-5-7-14-27-25(30)23(6-2)28(17-20-10-12-22(26)13-11-20)24(29)16-21-15-18(3)8-9-19(21)4/h8-13,15,23H,5-7,14,16-17H2,1-4H3,(H,27,30)/t23-/m0/s1. The summed E-state index contributed by atoms with van der Waals surface area (Å²) in [5.74, 6) is -0.566. The summed E-state index contributed by atoms with van der Waals surface area (Å²) in [5, 5.41) is 2.96. The van der Waals surface area contributed by atoms with E-state index in [0.717, 1.165) is 35.1 Å². The van der Waals surface area contributed by atoms with Gasteiger partial charge in [-0.1, -0.05) is 56.2 Å². The zero-order valence-electron chi connectivity index (χ0n) is 18.5. The number of aryl methyl sites for hydroxylation is 2. The Kier molecular flexibility index (Phi) is 9.03. The molecule has 0 aromatic heterocycles. The van der Waals surface area contributed by atoms with Crippen molar-refractivity contribution < 1.29 is 14.0 Å². The SMILES string of the molecule is CCCCNC(=O)[C@H](CC)N(Cc1ccc(F)cc1)C(=O)Cc1cc(C)ccc1C. The highest BCUT2D eigenvalue weighted by molar-refractivity contribution is 5.88. The van der Waals surface area contributed by atoms with Crippen LogP contribution in [0.5, 0.6) is 0 Å². The molecule has 30 heavy (non-hydrogen) atoms. The Morgan fingerprint density at radius 2 is 1.77 bits per heavy atom. The van der Waals surface area contributed by atoms with Gasteiger partial charge < -0.3 is 10.2 Å². The molecule has 1 N–H and O–H groups in total. The van der Waals surface area contributed by atoms with Crippen molar-refractivity contribution in [3.63, 3.8) is 0 Å². The zero-order valence-corrected chi connectivity index (χ0v) is 18.5. The van der Waals surface area contributed by atoms with Crippen molar-refractivity contribution in [2.45, 2.75) is 66.0 Å². The largest absolute Gasteiger partial charge is 0.354 e. The summed E-state index contributed by atoms with van der Waals surface area (Å²) in [5.41, 5.74) is 3.91. The molecular formula is C25H33FN2O2. The van der Waals surface area contributed by atoms with Gasteiger partial charge in [0, 0.05) is 13.1 Å². The minimum Gasteiger partial charge on any atom is -0.354 e. The van der Waals surface area contributed by atoms with Crippen LogP contribution >= 0.6 is 0 Å². The van der Waals surface area contributed by atoms with Gasteiger partial charge in [-0.25, -0.2) is 4.39 Å². The average Bonchev–Trinajstić information content (AvgIpc) is 2.72. The van der Waals surface area contributed by atoms with Gasteiger partial charge in [0.25, 0.3) is 0 Å². The fraction of sp³-hybridized carbons (Fsp3) is 0.440. The number of hydrogen-bond acceptors (Lipinski definition) is 2. The highest BCUT2D eigenvalue weighted by Gasteiger charge is 2.28. The predicted octanol–water partition coefficient (Wildman–Crippen LogP) is 4.71. The van der Waals surface area contributed by atoms with Crippen LogP contribution in [0.25, 0.3) is 0 Å². The van der Waals surface area contributed by atoms with Crippen molar-refractivity contribution in [2.24, 2.45) is 0 Å². The maximum absolute atomic E-state index is 13.4. The fourth-order valence-electron chi connectivity index (χ4n) is 3.47. The Labute approximate surface area is 179 Å². The molecule has 0 saturated carbocycles. The van der Waals surface area contributed by atoms with Crippen molar-refractivity contribution in [3.05, 3.63) is 70.5 Å². The quantitative estimate of drug-likeness (QED) is 0.575. The van der Waals surface area contributed by atoms with Crippen molar-refractivity contribution in [3.8, 4) is 0 Å². The van der Waals surface area contributed by atoms with Gasteiger partial charge in [-0.3, -0.25) is 9.59 Å². The Bertz CT molecular complexity index is 849. The molecule has 1 atom stereocenters. The van der Waals surface area contributed by atoms with Crippen LogP contribution in [0, 0.1) is 19.7 Å².